The predicted molar refractivity (Wildman–Crippen MR) is 101 cm³/mol. The van der Waals surface area contributed by atoms with Crippen LogP contribution >= 0.6 is 23.2 Å². The maximum absolute atomic E-state index is 12.1. The largest absolute Gasteiger partial charge is 0.318 e. The van der Waals surface area contributed by atoms with E-state index in [1.807, 2.05) is 18.2 Å². The molecule has 0 fully saturated rings. The van der Waals surface area contributed by atoms with E-state index in [0.717, 1.165) is 5.56 Å². The zero-order valence-corrected chi connectivity index (χ0v) is 14.8. The second-order valence-corrected chi connectivity index (χ2v) is 5.86. The summed E-state index contributed by atoms with van der Waals surface area (Å²) in [5.74, 6) is -1.49. The lowest BCUT2D eigenvalue weighted by Crippen LogP contribution is -2.29. The van der Waals surface area contributed by atoms with Crippen LogP contribution in [0.4, 0.5) is 11.4 Å². The summed E-state index contributed by atoms with van der Waals surface area (Å²) in [7, 11) is 0. The summed E-state index contributed by atoms with van der Waals surface area (Å²) in [5, 5.41) is 4.67. The van der Waals surface area contributed by atoms with Gasteiger partial charge in [0.25, 0.3) is 0 Å². The second kappa shape index (κ2) is 7.95. The molecule has 6 nitrogen and oxygen atoms in total. The van der Waals surface area contributed by atoms with E-state index in [4.69, 9.17) is 23.2 Å². The number of aromatic nitrogens is 2. The number of anilines is 2. The molecule has 2 aromatic carbocycles. The standard InChI is InChI=1S/C18H12Cl2N4O2/c19-14-13(15(20)24-16(23-14)11-7-3-1-4-8-11)22-18(26)17(25)21-12-9-5-2-6-10-12/h1-10H,(H,21,25)(H,22,26). The molecule has 26 heavy (non-hydrogen) atoms. The van der Waals surface area contributed by atoms with E-state index >= 15 is 0 Å². The Kier molecular flexibility index (Phi) is 5.46. The number of carbonyl (C=O) groups is 2. The summed E-state index contributed by atoms with van der Waals surface area (Å²) in [5.41, 5.74) is 1.18. The molecule has 0 aliphatic heterocycles. The average molecular weight is 387 g/mol. The lowest BCUT2D eigenvalue weighted by atomic mass is 10.2. The third-order valence-corrected chi connectivity index (χ3v) is 3.88. The molecule has 8 heteroatoms. The number of hydrogen-bond acceptors (Lipinski definition) is 4. The highest BCUT2D eigenvalue weighted by Gasteiger charge is 2.20. The molecule has 130 valence electrons. The lowest BCUT2D eigenvalue weighted by molar-refractivity contribution is -0.133. The molecule has 1 heterocycles. The Labute approximate surface area is 159 Å². The molecule has 0 bridgehead atoms. The van der Waals surface area contributed by atoms with E-state index in [9.17, 15) is 9.59 Å². The maximum atomic E-state index is 12.1. The highest BCUT2D eigenvalue weighted by Crippen LogP contribution is 2.30. The summed E-state index contributed by atoms with van der Waals surface area (Å²) in [4.78, 5) is 32.3. The van der Waals surface area contributed by atoms with Crippen LogP contribution in [-0.4, -0.2) is 21.8 Å². The number of para-hydroxylation sites is 1. The van der Waals surface area contributed by atoms with Crippen LogP contribution in [-0.2, 0) is 9.59 Å². The smallest absolute Gasteiger partial charge is 0.314 e. The summed E-state index contributed by atoms with van der Waals surface area (Å²) in [6, 6.07) is 17.7. The first-order valence-electron chi connectivity index (χ1n) is 7.50. The molecule has 3 aromatic rings. The van der Waals surface area contributed by atoms with Crippen LogP contribution in [0.5, 0.6) is 0 Å². The van der Waals surface area contributed by atoms with Gasteiger partial charge in [-0.1, -0.05) is 71.7 Å². The number of rotatable bonds is 3. The van der Waals surface area contributed by atoms with Crippen LogP contribution in [0, 0.1) is 0 Å². The van der Waals surface area contributed by atoms with Crippen LogP contribution in [0.15, 0.2) is 60.7 Å². The van der Waals surface area contributed by atoms with Crippen molar-refractivity contribution in [1.82, 2.24) is 9.97 Å². The van der Waals surface area contributed by atoms with Gasteiger partial charge in [-0.25, -0.2) is 9.97 Å². The van der Waals surface area contributed by atoms with Crippen LogP contribution in [0.2, 0.25) is 10.3 Å². The number of hydrogen-bond donors (Lipinski definition) is 2. The van der Waals surface area contributed by atoms with Crippen molar-refractivity contribution in [1.29, 1.82) is 0 Å². The van der Waals surface area contributed by atoms with E-state index in [-0.39, 0.29) is 16.0 Å². The first-order valence-corrected chi connectivity index (χ1v) is 8.26. The Balaban J connectivity index is 1.77. The van der Waals surface area contributed by atoms with Gasteiger partial charge in [-0.15, -0.1) is 0 Å². The third kappa shape index (κ3) is 4.17. The van der Waals surface area contributed by atoms with Gasteiger partial charge in [0, 0.05) is 11.3 Å². The van der Waals surface area contributed by atoms with Crippen LogP contribution < -0.4 is 10.6 Å². The lowest BCUT2D eigenvalue weighted by Gasteiger charge is -2.10. The first kappa shape index (κ1) is 17.8. The molecular weight excluding hydrogens is 375 g/mol. The van der Waals surface area contributed by atoms with Crippen molar-refractivity contribution in [3.05, 3.63) is 71.0 Å². The average Bonchev–Trinajstić information content (AvgIpc) is 2.66. The fraction of sp³-hybridized carbons (Fsp3) is 0. The maximum Gasteiger partial charge on any atom is 0.314 e. The minimum absolute atomic E-state index is 0.0266. The van der Waals surface area contributed by atoms with Crippen LogP contribution in [0.3, 0.4) is 0 Å². The Morgan fingerprint density at radius 1 is 0.731 bits per heavy atom. The van der Waals surface area contributed by atoms with Gasteiger partial charge in [0.2, 0.25) is 0 Å². The summed E-state index contributed by atoms with van der Waals surface area (Å²) in [6.45, 7) is 0. The molecule has 0 saturated carbocycles. The van der Waals surface area contributed by atoms with E-state index < -0.39 is 11.8 Å². The Morgan fingerprint density at radius 3 is 1.81 bits per heavy atom. The molecule has 1 aromatic heterocycles. The van der Waals surface area contributed by atoms with E-state index in [1.54, 1.807) is 42.5 Å². The number of nitrogens with zero attached hydrogens (tertiary/aromatic N) is 2. The Morgan fingerprint density at radius 2 is 1.23 bits per heavy atom. The van der Waals surface area contributed by atoms with Crippen molar-refractivity contribution in [3.8, 4) is 11.4 Å². The molecule has 0 atom stereocenters. The fourth-order valence-electron chi connectivity index (χ4n) is 2.11. The van der Waals surface area contributed by atoms with Gasteiger partial charge in [-0.2, -0.15) is 0 Å². The number of amides is 2. The van der Waals surface area contributed by atoms with Gasteiger partial charge in [-0.05, 0) is 12.1 Å². The topological polar surface area (TPSA) is 84.0 Å². The van der Waals surface area contributed by atoms with Crippen molar-refractivity contribution < 1.29 is 9.59 Å². The normalized spacial score (nSPS) is 10.2. The first-order chi connectivity index (χ1) is 12.5. The van der Waals surface area contributed by atoms with Crippen molar-refractivity contribution in [2.24, 2.45) is 0 Å². The molecule has 2 amide bonds. The minimum Gasteiger partial charge on any atom is -0.318 e. The number of carbonyl (C=O) groups excluding carboxylic acids is 2. The van der Waals surface area contributed by atoms with Crippen molar-refractivity contribution in [2.75, 3.05) is 10.6 Å². The van der Waals surface area contributed by atoms with Gasteiger partial charge in [0.05, 0.1) is 0 Å². The highest BCUT2D eigenvalue weighted by molar-refractivity contribution is 6.46. The quantitative estimate of drug-likeness (QED) is 0.525. The van der Waals surface area contributed by atoms with Crippen molar-refractivity contribution >= 4 is 46.4 Å². The summed E-state index contributed by atoms with van der Waals surface area (Å²) >= 11 is 12.2. The molecule has 3 rings (SSSR count). The highest BCUT2D eigenvalue weighted by atomic mass is 35.5. The van der Waals surface area contributed by atoms with Gasteiger partial charge < -0.3 is 10.6 Å². The summed E-state index contributed by atoms with van der Waals surface area (Å²) < 4.78 is 0. The monoisotopic (exact) mass is 386 g/mol. The zero-order chi connectivity index (χ0) is 18.5. The fourth-order valence-corrected chi connectivity index (χ4v) is 2.59. The van der Waals surface area contributed by atoms with Crippen LogP contribution in [0.25, 0.3) is 11.4 Å². The van der Waals surface area contributed by atoms with E-state index in [1.165, 1.54) is 0 Å². The molecule has 2 N–H and O–H groups in total. The Hall–Kier alpha value is -2.96. The molecule has 0 saturated heterocycles. The minimum atomic E-state index is -0.936. The van der Waals surface area contributed by atoms with E-state index in [2.05, 4.69) is 20.6 Å². The van der Waals surface area contributed by atoms with Crippen molar-refractivity contribution in [2.45, 2.75) is 0 Å². The zero-order valence-electron chi connectivity index (χ0n) is 13.2. The molecule has 0 spiro atoms. The van der Waals surface area contributed by atoms with Gasteiger partial charge in [-0.3, -0.25) is 9.59 Å². The third-order valence-electron chi connectivity index (χ3n) is 3.33. The summed E-state index contributed by atoms with van der Waals surface area (Å²) in [6.07, 6.45) is 0. The SMILES string of the molecule is O=C(Nc1ccccc1)C(=O)Nc1c(Cl)nc(-c2ccccc2)nc1Cl. The predicted octanol–water partition coefficient (Wildman–Crippen LogP) is 4.03. The number of nitrogens with one attached hydrogen (secondary N) is 2. The molecule has 0 aliphatic carbocycles. The Bertz CT molecular complexity index is 927. The molecule has 0 unspecified atom stereocenters. The molecule has 0 radical (unpaired) electrons. The van der Waals surface area contributed by atoms with Crippen LogP contribution in [0.1, 0.15) is 0 Å². The molecular formula is C18H12Cl2N4O2. The van der Waals surface area contributed by atoms with Gasteiger partial charge in [0.15, 0.2) is 16.1 Å². The van der Waals surface area contributed by atoms with E-state index in [0.29, 0.717) is 11.5 Å². The number of halogens is 2. The van der Waals surface area contributed by atoms with Gasteiger partial charge in [0.1, 0.15) is 5.69 Å². The number of benzene rings is 2. The molecule has 0 aliphatic rings. The van der Waals surface area contributed by atoms with Gasteiger partial charge >= 0.3 is 11.8 Å². The van der Waals surface area contributed by atoms with Crippen molar-refractivity contribution in [3.63, 3.8) is 0 Å². The second-order valence-electron chi connectivity index (χ2n) is 5.14.